The topological polar surface area (TPSA) is 91.8 Å². The van der Waals surface area contributed by atoms with Gasteiger partial charge < -0.3 is 4.90 Å². The minimum absolute atomic E-state index is 0.0144. The Kier molecular flexibility index (Phi) is 6.32. The number of benzene rings is 1. The van der Waals surface area contributed by atoms with E-state index in [4.69, 9.17) is 0 Å². The van der Waals surface area contributed by atoms with Crippen molar-refractivity contribution in [2.24, 2.45) is 5.41 Å². The van der Waals surface area contributed by atoms with E-state index in [0.717, 1.165) is 31.1 Å². The van der Waals surface area contributed by atoms with Gasteiger partial charge in [-0.2, -0.15) is 15.6 Å². The first kappa shape index (κ1) is 23.2. The van der Waals surface area contributed by atoms with E-state index in [2.05, 4.69) is 0 Å². The van der Waals surface area contributed by atoms with Gasteiger partial charge in [-0.15, -0.1) is 0 Å². The Morgan fingerprint density at radius 2 is 1.59 bits per heavy atom. The lowest BCUT2D eigenvalue weighted by atomic mass is 9.78. The molecule has 0 saturated carbocycles. The number of carbonyl (C=O) groups is 1. The van der Waals surface area contributed by atoms with Crippen LogP contribution in [0, 0.1) is 5.41 Å². The molecule has 0 aliphatic carbocycles. The maximum Gasteiger partial charge on any atom is 0.246 e. The van der Waals surface area contributed by atoms with Gasteiger partial charge >= 0.3 is 0 Å². The number of hydrogen-bond acceptors (Lipinski definition) is 6. The predicted molar refractivity (Wildman–Crippen MR) is 125 cm³/mol. The number of piperidine rings is 1. The summed E-state index contributed by atoms with van der Waals surface area (Å²) in [5.41, 5.74) is 0.895. The molecule has 1 aromatic heterocycles. The fraction of sp³-hybridized carbons (Fsp3) is 0.409. The molecule has 2 aromatic rings. The van der Waals surface area contributed by atoms with E-state index < -0.39 is 19.9 Å². The van der Waals surface area contributed by atoms with Crippen molar-refractivity contribution in [1.82, 2.24) is 9.21 Å². The molecular formula is C22H26N2O5S3. The summed E-state index contributed by atoms with van der Waals surface area (Å²) in [7, 11) is -7.07. The van der Waals surface area contributed by atoms with Crippen molar-refractivity contribution < 1.29 is 21.6 Å². The molecule has 0 radical (unpaired) electrons. The second-order valence-corrected chi connectivity index (χ2v) is 13.3. The zero-order valence-corrected chi connectivity index (χ0v) is 20.3. The number of amides is 1. The standard InChI is InChI=1S/C22H26N2O5S3/c1-31(26,27)19-3-5-20(6-4-19)32(28,29)24-14-11-22(17-24)9-12-23(13-10-22)21(25)7-2-18-8-15-30-16-18/h2-8,15-16H,9-14,17H2,1H3. The molecule has 4 rings (SSSR count). The van der Waals surface area contributed by atoms with Crippen molar-refractivity contribution in [3.8, 4) is 0 Å². The van der Waals surface area contributed by atoms with E-state index in [1.54, 1.807) is 17.4 Å². The van der Waals surface area contributed by atoms with Gasteiger partial charge in [0.2, 0.25) is 15.9 Å². The van der Waals surface area contributed by atoms with Crippen LogP contribution in [0.5, 0.6) is 0 Å². The third-order valence-electron chi connectivity index (χ3n) is 6.39. The van der Waals surface area contributed by atoms with Crippen LogP contribution in [0.1, 0.15) is 24.8 Å². The van der Waals surface area contributed by atoms with Crippen LogP contribution in [-0.4, -0.2) is 64.4 Å². The number of nitrogens with zero attached hydrogens (tertiary/aromatic N) is 2. The van der Waals surface area contributed by atoms with Gasteiger partial charge in [-0.25, -0.2) is 16.8 Å². The van der Waals surface area contributed by atoms with E-state index in [1.807, 2.05) is 27.8 Å². The molecule has 2 aliphatic heterocycles. The lowest BCUT2D eigenvalue weighted by molar-refractivity contribution is -0.128. The van der Waals surface area contributed by atoms with Crippen LogP contribution in [0.25, 0.3) is 6.08 Å². The van der Waals surface area contributed by atoms with Crippen LogP contribution in [0.3, 0.4) is 0 Å². The highest BCUT2D eigenvalue weighted by Crippen LogP contribution is 2.42. The van der Waals surface area contributed by atoms with E-state index in [-0.39, 0.29) is 21.1 Å². The Balaban J connectivity index is 1.38. The Hall–Kier alpha value is -2.01. The average Bonchev–Trinajstić information content (AvgIpc) is 3.43. The largest absolute Gasteiger partial charge is 0.339 e. The number of hydrogen-bond donors (Lipinski definition) is 0. The second kappa shape index (κ2) is 8.74. The molecule has 2 fully saturated rings. The molecule has 1 amide bonds. The highest BCUT2D eigenvalue weighted by atomic mass is 32.2. The van der Waals surface area contributed by atoms with Crippen LogP contribution in [0.2, 0.25) is 0 Å². The number of thiophene rings is 1. The summed E-state index contributed by atoms with van der Waals surface area (Å²) in [6, 6.07) is 7.35. The predicted octanol–water partition coefficient (Wildman–Crippen LogP) is 2.87. The maximum absolute atomic E-state index is 13.1. The molecule has 0 bridgehead atoms. The highest BCUT2D eigenvalue weighted by molar-refractivity contribution is 7.90. The van der Waals surface area contributed by atoms with Crippen LogP contribution < -0.4 is 0 Å². The number of sulfone groups is 1. The molecule has 3 heterocycles. The van der Waals surface area contributed by atoms with Gasteiger partial charge in [0, 0.05) is 38.5 Å². The first-order valence-electron chi connectivity index (χ1n) is 10.4. The van der Waals surface area contributed by atoms with Crippen molar-refractivity contribution in [2.45, 2.75) is 29.1 Å². The third-order valence-corrected chi connectivity index (χ3v) is 10.1. The summed E-state index contributed by atoms with van der Waals surface area (Å²) in [4.78, 5) is 14.5. The molecule has 0 unspecified atom stereocenters. The second-order valence-electron chi connectivity index (χ2n) is 8.55. The van der Waals surface area contributed by atoms with E-state index in [0.29, 0.717) is 26.2 Å². The molecule has 2 saturated heterocycles. The molecule has 7 nitrogen and oxygen atoms in total. The Morgan fingerprint density at radius 1 is 0.969 bits per heavy atom. The lowest BCUT2D eigenvalue weighted by Gasteiger charge is -2.39. The third kappa shape index (κ3) is 4.83. The first-order chi connectivity index (χ1) is 15.1. The summed E-state index contributed by atoms with van der Waals surface area (Å²) >= 11 is 1.58. The lowest BCUT2D eigenvalue weighted by Crippen LogP contribution is -2.44. The molecule has 2 aliphatic rings. The van der Waals surface area contributed by atoms with Crippen molar-refractivity contribution >= 4 is 43.2 Å². The molecule has 10 heteroatoms. The summed E-state index contributed by atoms with van der Waals surface area (Å²) in [5.74, 6) is -0.0144. The van der Waals surface area contributed by atoms with Crippen molar-refractivity contribution in [1.29, 1.82) is 0 Å². The minimum atomic E-state index is -3.69. The monoisotopic (exact) mass is 494 g/mol. The number of sulfonamides is 1. The van der Waals surface area contributed by atoms with Gasteiger partial charge in [0.1, 0.15) is 0 Å². The zero-order valence-electron chi connectivity index (χ0n) is 17.8. The first-order valence-corrected chi connectivity index (χ1v) is 14.7. The summed E-state index contributed by atoms with van der Waals surface area (Å²) in [6.07, 6.45) is 6.82. The van der Waals surface area contributed by atoms with Gasteiger partial charge in [0.25, 0.3) is 0 Å². The van der Waals surface area contributed by atoms with E-state index in [9.17, 15) is 21.6 Å². The summed E-state index contributed by atoms with van der Waals surface area (Å²) in [5, 5.41) is 3.95. The van der Waals surface area contributed by atoms with Gasteiger partial charge in [-0.1, -0.05) is 0 Å². The highest BCUT2D eigenvalue weighted by Gasteiger charge is 2.44. The molecule has 32 heavy (non-hydrogen) atoms. The number of likely N-dealkylation sites (tertiary alicyclic amines) is 1. The Labute approximate surface area is 193 Å². The SMILES string of the molecule is CS(=O)(=O)c1ccc(S(=O)(=O)N2CCC3(CCN(C(=O)C=Cc4ccsc4)CC3)C2)cc1. The fourth-order valence-electron chi connectivity index (χ4n) is 4.36. The number of carbonyl (C=O) groups excluding carboxylic acids is 1. The Morgan fingerprint density at radius 3 is 2.19 bits per heavy atom. The van der Waals surface area contributed by atoms with Crippen LogP contribution in [0.15, 0.2) is 57.0 Å². The molecule has 1 spiro atoms. The van der Waals surface area contributed by atoms with Crippen LogP contribution in [-0.2, 0) is 24.7 Å². The van der Waals surface area contributed by atoms with E-state index in [1.165, 1.54) is 28.6 Å². The smallest absolute Gasteiger partial charge is 0.246 e. The normalized spacial score (nSPS) is 19.7. The number of rotatable bonds is 5. The maximum atomic E-state index is 13.1. The fourth-order valence-corrected chi connectivity index (χ4v) is 7.17. The van der Waals surface area contributed by atoms with Crippen LogP contribution >= 0.6 is 11.3 Å². The molecule has 172 valence electrons. The van der Waals surface area contributed by atoms with Gasteiger partial charge in [0.15, 0.2) is 9.84 Å². The van der Waals surface area contributed by atoms with Gasteiger partial charge in [0.05, 0.1) is 9.79 Å². The molecule has 1 aromatic carbocycles. The quantitative estimate of drug-likeness (QED) is 0.596. The van der Waals surface area contributed by atoms with Gasteiger partial charge in [-0.3, -0.25) is 4.79 Å². The van der Waals surface area contributed by atoms with Gasteiger partial charge in [-0.05, 0) is 77.4 Å². The van der Waals surface area contributed by atoms with Crippen molar-refractivity contribution in [2.75, 3.05) is 32.4 Å². The minimum Gasteiger partial charge on any atom is -0.339 e. The summed E-state index contributed by atoms with van der Waals surface area (Å²) in [6.45, 7) is 2.09. The molecule has 0 N–H and O–H groups in total. The van der Waals surface area contributed by atoms with Crippen molar-refractivity contribution in [3.63, 3.8) is 0 Å². The molecular weight excluding hydrogens is 468 g/mol. The summed E-state index contributed by atoms with van der Waals surface area (Å²) < 4.78 is 51.0. The molecule has 0 atom stereocenters. The average molecular weight is 495 g/mol. The zero-order chi connectivity index (χ0) is 23.0. The van der Waals surface area contributed by atoms with Crippen LogP contribution in [0.4, 0.5) is 0 Å². The Bertz CT molecular complexity index is 1210. The van der Waals surface area contributed by atoms with E-state index >= 15 is 0 Å². The van der Waals surface area contributed by atoms with Crippen molar-refractivity contribution in [3.05, 3.63) is 52.7 Å².